The molecule has 2 aromatic heterocycles. The first-order valence-corrected chi connectivity index (χ1v) is 6.37. The Bertz CT molecular complexity index is 535. The van der Waals surface area contributed by atoms with Crippen molar-refractivity contribution in [3.8, 4) is 0 Å². The van der Waals surface area contributed by atoms with Gasteiger partial charge in [-0.3, -0.25) is 4.79 Å². The zero-order valence-corrected chi connectivity index (χ0v) is 10.8. The number of nitrogens with zero attached hydrogens (tertiary/aromatic N) is 3. The number of thiophene rings is 1. The fourth-order valence-corrected chi connectivity index (χ4v) is 2.28. The van der Waals surface area contributed by atoms with Gasteiger partial charge >= 0.3 is 5.97 Å². The Kier molecular flexibility index (Phi) is 3.93. The van der Waals surface area contributed by atoms with Crippen LogP contribution in [0.25, 0.3) is 0 Å². The van der Waals surface area contributed by atoms with Crippen molar-refractivity contribution in [1.29, 1.82) is 0 Å². The third-order valence-electron chi connectivity index (χ3n) is 2.29. The monoisotopic (exact) mass is 266 g/mol. The lowest BCUT2D eigenvalue weighted by Crippen LogP contribution is -2.13. The molecule has 6 nitrogen and oxygen atoms in total. The Morgan fingerprint density at radius 1 is 1.50 bits per heavy atom. The molecule has 0 fully saturated rings. The zero-order chi connectivity index (χ0) is 13.0. The molecule has 2 aromatic rings. The molecular formula is C11H14N4O2S. The van der Waals surface area contributed by atoms with Gasteiger partial charge in [0.05, 0.1) is 0 Å². The van der Waals surface area contributed by atoms with Crippen LogP contribution in [-0.4, -0.2) is 20.7 Å². The van der Waals surface area contributed by atoms with Crippen molar-refractivity contribution in [3.05, 3.63) is 28.2 Å². The Morgan fingerprint density at radius 2 is 2.28 bits per heavy atom. The number of nitrogen functional groups attached to an aromatic ring is 1. The standard InChI is InChI=1S/C11H14N4O2S/c1-2-8-3-4-9(18-8)6-17-10(16)5-15-7-13-11(12)14-15/h3-4,7H,2,5-6H2,1H3,(H2,12,14). The number of anilines is 1. The van der Waals surface area contributed by atoms with Crippen molar-refractivity contribution in [2.24, 2.45) is 0 Å². The molecule has 0 aromatic carbocycles. The number of carbonyl (C=O) groups is 1. The van der Waals surface area contributed by atoms with Crippen LogP contribution in [0.4, 0.5) is 5.95 Å². The second-order valence-electron chi connectivity index (χ2n) is 3.68. The molecule has 0 aliphatic rings. The van der Waals surface area contributed by atoms with Gasteiger partial charge in [0.15, 0.2) is 0 Å². The van der Waals surface area contributed by atoms with Crippen LogP contribution in [0.5, 0.6) is 0 Å². The van der Waals surface area contributed by atoms with Crippen LogP contribution in [-0.2, 0) is 29.1 Å². The lowest BCUT2D eigenvalue weighted by atomic mass is 10.4. The zero-order valence-electron chi connectivity index (χ0n) is 10.00. The minimum Gasteiger partial charge on any atom is -0.459 e. The van der Waals surface area contributed by atoms with E-state index in [0.717, 1.165) is 11.3 Å². The number of nitrogens with two attached hydrogens (primary N) is 1. The molecule has 0 amide bonds. The summed E-state index contributed by atoms with van der Waals surface area (Å²) in [7, 11) is 0. The van der Waals surface area contributed by atoms with Gasteiger partial charge in [-0.1, -0.05) is 6.92 Å². The minimum absolute atomic E-state index is 0.0240. The van der Waals surface area contributed by atoms with Crippen LogP contribution >= 0.6 is 11.3 Å². The van der Waals surface area contributed by atoms with E-state index in [-0.39, 0.29) is 18.5 Å². The quantitative estimate of drug-likeness (QED) is 0.823. The Labute approximate surface area is 108 Å². The molecule has 96 valence electrons. The molecule has 0 spiro atoms. The predicted octanol–water partition coefficient (Wildman–Crippen LogP) is 1.23. The first-order chi connectivity index (χ1) is 8.67. The first-order valence-electron chi connectivity index (χ1n) is 5.55. The number of ether oxygens (including phenoxy) is 1. The lowest BCUT2D eigenvalue weighted by Gasteiger charge is -2.02. The SMILES string of the molecule is CCc1ccc(COC(=O)Cn2cnc(N)n2)s1. The van der Waals surface area contributed by atoms with Crippen molar-refractivity contribution < 1.29 is 9.53 Å². The number of rotatable bonds is 5. The largest absolute Gasteiger partial charge is 0.459 e. The van der Waals surface area contributed by atoms with Crippen molar-refractivity contribution in [3.63, 3.8) is 0 Å². The van der Waals surface area contributed by atoms with Gasteiger partial charge in [0.1, 0.15) is 19.5 Å². The Balaban J connectivity index is 1.81. The van der Waals surface area contributed by atoms with E-state index in [2.05, 4.69) is 17.0 Å². The van der Waals surface area contributed by atoms with Gasteiger partial charge in [0.2, 0.25) is 5.95 Å². The fraction of sp³-hybridized carbons (Fsp3) is 0.364. The van der Waals surface area contributed by atoms with Crippen molar-refractivity contribution in [2.75, 3.05) is 5.73 Å². The third kappa shape index (κ3) is 3.30. The molecule has 0 atom stereocenters. The molecular weight excluding hydrogens is 252 g/mol. The van der Waals surface area contributed by atoms with Crippen LogP contribution in [0, 0.1) is 0 Å². The highest BCUT2D eigenvalue weighted by molar-refractivity contribution is 7.11. The molecule has 0 aliphatic carbocycles. The van der Waals surface area contributed by atoms with Crippen LogP contribution < -0.4 is 5.73 Å². The summed E-state index contributed by atoms with van der Waals surface area (Å²) >= 11 is 1.65. The maximum Gasteiger partial charge on any atom is 0.328 e. The molecule has 0 unspecified atom stereocenters. The van der Waals surface area contributed by atoms with Crippen LogP contribution in [0.15, 0.2) is 18.5 Å². The molecule has 0 saturated carbocycles. The first kappa shape index (κ1) is 12.6. The van der Waals surface area contributed by atoms with Gasteiger partial charge in [0.25, 0.3) is 0 Å². The second-order valence-corrected chi connectivity index (χ2v) is 4.94. The highest BCUT2D eigenvalue weighted by Crippen LogP contribution is 2.17. The molecule has 0 aliphatic heterocycles. The molecule has 2 rings (SSSR count). The highest BCUT2D eigenvalue weighted by atomic mass is 32.1. The number of hydrogen-bond donors (Lipinski definition) is 1. The van der Waals surface area contributed by atoms with Crippen LogP contribution in [0.1, 0.15) is 16.7 Å². The topological polar surface area (TPSA) is 83.0 Å². The average Bonchev–Trinajstić information content (AvgIpc) is 2.95. The minimum atomic E-state index is -0.355. The van der Waals surface area contributed by atoms with E-state index in [1.54, 1.807) is 11.3 Å². The molecule has 0 saturated heterocycles. The third-order valence-corrected chi connectivity index (χ3v) is 3.49. The summed E-state index contributed by atoms with van der Waals surface area (Å²) in [6, 6.07) is 4.02. The van der Waals surface area contributed by atoms with Crippen molar-refractivity contribution in [2.45, 2.75) is 26.5 Å². The summed E-state index contributed by atoms with van der Waals surface area (Å²) in [6.07, 6.45) is 2.40. The number of esters is 1. The Morgan fingerprint density at radius 3 is 2.89 bits per heavy atom. The molecule has 7 heteroatoms. The summed E-state index contributed by atoms with van der Waals surface area (Å²) in [4.78, 5) is 17.6. The smallest absolute Gasteiger partial charge is 0.328 e. The van der Waals surface area contributed by atoms with Gasteiger partial charge in [0, 0.05) is 9.75 Å². The van der Waals surface area contributed by atoms with Gasteiger partial charge in [-0.05, 0) is 18.6 Å². The number of aryl methyl sites for hydroxylation is 1. The van der Waals surface area contributed by atoms with Crippen molar-refractivity contribution >= 4 is 23.3 Å². The van der Waals surface area contributed by atoms with E-state index in [1.165, 1.54) is 15.9 Å². The van der Waals surface area contributed by atoms with Gasteiger partial charge in [-0.25, -0.2) is 9.67 Å². The number of carbonyl (C=O) groups excluding carboxylic acids is 1. The van der Waals surface area contributed by atoms with Crippen LogP contribution in [0.2, 0.25) is 0 Å². The summed E-state index contributed by atoms with van der Waals surface area (Å²) in [5.74, 6) is -0.208. The average molecular weight is 266 g/mol. The van der Waals surface area contributed by atoms with Gasteiger partial charge in [-0.15, -0.1) is 16.4 Å². The van der Waals surface area contributed by atoms with E-state index in [4.69, 9.17) is 10.5 Å². The van der Waals surface area contributed by atoms with Crippen LogP contribution in [0.3, 0.4) is 0 Å². The summed E-state index contributed by atoms with van der Waals surface area (Å²) in [6.45, 7) is 2.42. The highest BCUT2D eigenvalue weighted by Gasteiger charge is 2.07. The van der Waals surface area contributed by atoms with Crippen molar-refractivity contribution in [1.82, 2.24) is 14.8 Å². The Hall–Kier alpha value is -1.89. The normalized spacial score (nSPS) is 10.5. The van der Waals surface area contributed by atoms with E-state index in [1.807, 2.05) is 12.1 Å². The number of hydrogen-bond acceptors (Lipinski definition) is 6. The van der Waals surface area contributed by atoms with Gasteiger partial charge < -0.3 is 10.5 Å². The second kappa shape index (κ2) is 5.63. The van der Waals surface area contributed by atoms with E-state index in [9.17, 15) is 4.79 Å². The number of aromatic nitrogens is 3. The molecule has 0 bridgehead atoms. The fourth-order valence-electron chi connectivity index (χ4n) is 1.40. The maximum absolute atomic E-state index is 11.5. The summed E-state index contributed by atoms with van der Waals surface area (Å²) in [5.41, 5.74) is 5.34. The molecule has 2 heterocycles. The maximum atomic E-state index is 11.5. The lowest BCUT2D eigenvalue weighted by molar-refractivity contribution is -0.145. The van der Waals surface area contributed by atoms with E-state index >= 15 is 0 Å². The van der Waals surface area contributed by atoms with E-state index < -0.39 is 0 Å². The molecule has 18 heavy (non-hydrogen) atoms. The van der Waals surface area contributed by atoms with Gasteiger partial charge in [-0.2, -0.15) is 0 Å². The predicted molar refractivity (Wildman–Crippen MR) is 67.9 cm³/mol. The van der Waals surface area contributed by atoms with E-state index in [0.29, 0.717) is 6.61 Å². The summed E-state index contributed by atoms with van der Waals surface area (Å²) in [5, 5.41) is 3.81. The molecule has 0 radical (unpaired) electrons. The summed E-state index contributed by atoms with van der Waals surface area (Å²) < 4.78 is 6.49. The molecule has 2 N–H and O–H groups in total.